The van der Waals surface area contributed by atoms with E-state index in [0.717, 1.165) is 0 Å². The first-order valence-corrected chi connectivity index (χ1v) is 7.87. The molecular weight excluding hydrogens is 290 g/mol. The maximum absolute atomic E-state index is 3.64. The molecule has 1 saturated heterocycles. The number of hydrogen-bond donors (Lipinski definition) is 1. The summed E-state index contributed by atoms with van der Waals surface area (Å²) in [5.74, 6) is 1.30. The van der Waals surface area contributed by atoms with Gasteiger partial charge >= 0.3 is 0 Å². The molecule has 0 saturated carbocycles. The van der Waals surface area contributed by atoms with Crippen LogP contribution in [0.1, 0.15) is 30.7 Å². The predicted molar refractivity (Wildman–Crippen MR) is 73.9 cm³/mol. The average Bonchev–Trinajstić information content (AvgIpc) is 2.79. The van der Waals surface area contributed by atoms with Crippen molar-refractivity contribution in [2.24, 2.45) is 0 Å². The molecular formula is C11H16BrNS2. The number of thioether (sulfide) groups is 1. The van der Waals surface area contributed by atoms with E-state index < -0.39 is 0 Å². The monoisotopic (exact) mass is 305 g/mol. The van der Waals surface area contributed by atoms with Gasteiger partial charge in [-0.2, -0.15) is 11.8 Å². The largest absolute Gasteiger partial charge is 0.311 e. The van der Waals surface area contributed by atoms with Crippen LogP contribution in [-0.4, -0.2) is 17.5 Å². The minimum Gasteiger partial charge on any atom is -0.311 e. The fourth-order valence-electron chi connectivity index (χ4n) is 2.25. The third-order valence-corrected chi connectivity index (χ3v) is 6.58. The van der Waals surface area contributed by atoms with E-state index in [1.54, 1.807) is 0 Å². The molecule has 2 heterocycles. The Morgan fingerprint density at radius 1 is 1.60 bits per heavy atom. The Kier molecular flexibility index (Phi) is 3.81. The van der Waals surface area contributed by atoms with Crippen molar-refractivity contribution in [1.29, 1.82) is 0 Å². The first kappa shape index (κ1) is 12.0. The van der Waals surface area contributed by atoms with Gasteiger partial charge in [-0.15, -0.1) is 11.3 Å². The summed E-state index contributed by atoms with van der Waals surface area (Å²) >= 11 is 7.59. The van der Waals surface area contributed by atoms with Crippen molar-refractivity contribution in [2.45, 2.75) is 30.6 Å². The summed E-state index contributed by atoms with van der Waals surface area (Å²) in [5, 5.41) is 5.65. The number of halogens is 1. The smallest absolute Gasteiger partial charge is 0.0570 e. The molecule has 4 heteroatoms. The molecule has 15 heavy (non-hydrogen) atoms. The maximum Gasteiger partial charge on any atom is 0.0570 e. The van der Waals surface area contributed by atoms with Gasteiger partial charge in [-0.25, -0.2) is 0 Å². The third-order valence-electron chi connectivity index (χ3n) is 3.06. The Labute approximate surface area is 108 Å². The topological polar surface area (TPSA) is 12.0 Å². The molecule has 1 fully saturated rings. The molecule has 1 aliphatic rings. The summed E-state index contributed by atoms with van der Waals surface area (Å²) in [7, 11) is 2.07. The van der Waals surface area contributed by atoms with Crippen molar-refractivity contribution in [2.75, 3.05) is 12.8 Å². The molecule has 1 nitrogen and oxygen atoms in total. The molecule has 1 aliphatic heterocycles. The highest BCUT2D eigenvalue weighted by Gasteiger charge is 2.39. The van der Waals surface area contributed by atoms with Crippen LogP contribution in [0.5, 0.6) is 0 Å². The van der Waals surface area contributed by atoms with E-state index in [1.807, 2.05) is 11.3 Å². The molecule has 2 unspecified atom stereocenters. The van der Waals surface area contributed by atoms with Crippen LogP contribution in [0, 0.1) is 0 Å². The van der Waals surface area contributed by atoms with Gasteiger partial charge in [-0.1, -0.05) is 0 Å². The zero-order valence-corrected chi connectivity index (χ0v) is 12.3. The lowest BCUT2D eigenvalue weighted by molar-refractivity contribution is 0.445. The second-order valence-corrected chi connectivity index (χ2v) is 7.55. The molecule has 0 radical (unpaired) electrons. The summed E-state index contributed by atoms with van der Waals surface area (Å²) < 4.78 is 1.61. The van der Waals surface area contributed by atoms with E-state index >= 15 is 0 Å². The van der Waals surface area contributed by atoms with Crippen LogP contribution in [0.3, 0.4) is 0 Å². The fourth-order valence-corrected chi connectivity index (χ4v) is 5.64. The number of hydrogen-bond acceptors (Lipinski definition) is 3. The Morgan fingerprint density at radius 2 is 2.40 bits per heavy atom. The average molecular weight is 306 g/mol. The van der Waals surface area contributed by atoms with Gasteiger partial charge in [0.15, 0.2) is 0 Å². The number of thiophene rings is 1. The van der Waals surface area contributed by atoms with Gasteiger partial charge in [0.1, 0.15) is 0 Å². The zero-order valence-electron chi connectivity index (χ0n) is 9.05. The highest BCUT2D eigenvalue weighted by atomic mass is 79.9. The first-order valence-electron chi connectivity index (χ1n) is 5.21. The van der Waals surface area contributed by atoms with Gasteiger partial charge in [-0.3, -0.25) is 0 Å². The summed E-state index contributed by atoms with van der Waals surface area (Å²) in [5.41, 5.74) is 0. The molecule has 1 aromatic rings. The minimum absolute atomic E-state index is 0.363. The second kappa shape index (κ2) is 4.78. The lowest BCUT2D eigenvalue weighted by atomic mass is 9.95. The molecule has 0 amide bonds. The summed E-state index contributed by atoms with van der Waals surface area (Å²) in [6.45, 7) is 2.39. The second-order valence-electron chi connectivity index (χ2n) is 4.12. The Hall–Kier alpha value is 0.490. The lowest BCUT2D eigenvalue weighted by Crippen LogP contribution is -2.35. The van der Waals surface area contributed by atoms with Crippen LogP contribution in [0.25, 0.3) is 0 Å². The molecule has 0 aliphatic carbocycles. The predicted octanol–water partition coefficient (Wildman–Crippen LogP) is 4.06. The van der Waals surface area contributed by atoms with Gasteiger partial charge in [-0.05, 0) is 59.9 Å². The fraction of sp³-hybridized carbons (Fsp3) is 0.636. The van der Waals surface area contributed by atoms with E-state index in [0.29, 0.717) is 10.8 Å². The van der Waals surface area contributed by atoms with Crippen molar-refractivity contribution in [3.05, 3.63) is 20.8 Å². The molecule has 0 spiro atoms. The van der Waals surface area contributed by atoms with Crippen LogP contribution >= 0.6 is 39.0 Å². The molecule has 84 valence electrons. The Balaban J connectivity index is 2.27. The van der Waals surface area contributed by atoms with Gasteiger partial charge < -0.3 is 5.32 Å². The standard InChI is InChI=1S/C11H16BrNS2/c1-11(5-3-6-15-11)10(13-2)9-8(12)4-7-14-9/h4,7,10,13H,3,5-6H2,1-2H3. The van der Waals surface area contributed by atoms with E-state index in [9.17, 15) is 0 Å². The number of nitrogens with one attached hydrogen (secondary N) is 1. The summed E-state index contributed by atoms with van der Waals surface area (Å²) in [4.78, 5) is 1.44. The van der Waals surface area contributed by atoms with Crippen LogP contribution in [0.2, 0.25) is 0 Å². The molecule has 2 rings (SSSR count). The first-order chi connectivity index (χ1) is 7.17. The van der Waals surface area contributed by atoms with Crippen molar-refractivity contribution in [3.8, 4) is 0 Å². The molecule has 1 N–H and O–H groups in total. The maximum atomic E-state index is 3.64. The van der Waals surface area contributed by atoms with Crippen LogP contribution in [0.15, 0.2) is 15.9 Å². The SMILES string of the molecule is CNC(c1sccc1Br)C1(C)CCCS1. The quantitative estimate of drug-likeness (QED) is 0.904. The Morgan fingerprint density at radius 3 is 2.87 bits per heavy atom. The lowest BCUT2D eigenvalue weighted by Gasteiger charge is -2.32. The van der Waals surface area contributed by atoms with Gasteiger partial charge in [0.05, 0.1) is 6.04 Å². The molecule has 0 bridgehead atoms. The molecule has 0 aromatic carbocycles. The molecule has 2 atom stereocenters. The highest BCUT2D eigenvalue weighted by Crippen LogP contribution is 2.48. The third kappa shape index (κ3) is 2.28. The van der Waals surface area contributed by atoms with Crippen molar-refractivity contribution < 1.29 is 0 Å². The minimum atomic E-state index is 0.363. The summed E-state index contributed by atoms with van der Waals surface area (Å²) in [6, 6.07) is 2.62. The van der Waals surface area contributed by atoms with Gasteiger partial charge in [0, 0.05) is 14.1 Å². The number of rotatable bonds is 3. The summed E-state index contributed by atoms with van der Waals surface area (Å²) in [6.07, 6.45) is 2.66. The van der Waals surface area contributed by atoms with E-state index in [4.69, 9.17) is 0 Å². The molecule has 1 aromatic heterocycles. The van der Waals surface area contributed by atoms with E-state index in [1.165, 1.54) is 27.9 Å². The van der Waals surface area contributed by atoms with Crippen LogP contribution in [0.4, 0.5) is 0 Å². The van der Waals surface area contributed by atoms with Gasteiger partial charge in [0.2, 0.25) is 0 Å². The highest BCUT2D eigenvalue weighted by molar-refractivity contribution is 9.10. The van der Waals surface area contributed by atoms with Crippen molar-refractivity contribution in [1.82, 2.24) is 5.32 Å². The van der Waals surface area contributed by atoms with E-state index in [2.05, 4.69) is 58.4 Å². The van der Waals surface area contributed by atoms with Crippen molar-refractivity contribution >= 4 is 39.0 Å². The zero-order chi connectivity index (χ0) is 10.9. The van der Waals surface area contributed by atoms with Crippen LogP contribution in [-0.2, 0) is 0 Å². The normalized spacial score (nSPS) is 28.2. The van der Waals surface area contributed by atoms with E-state index in [-0.39, 0.29) is 0 Å². The van der Waals surface area contributed by atoms with Crippen LogP contribution < -0.4 is 5.32 Å². The van der Waals surface area contributed by atoms with Crippen molar-refractivity contribution in [3.63, 3.8) is 0 Å². The Bertz CT molecular complexity index is 331. The van der Waals surface area contributed by atoms with Gasteiger partial charge in [0.25, 0.3) is 0 Å².